The minimum Gasteiger partial charge on any atom is -0.380 e. The van der Waals surface area contributed by atoms with Gasteiger partial charge in [0.05, 0.1) is 6.61 Å². The van der Waals surface area contributed by atoms with Crippen molar-refractivity contribution in [3.63, 3.8) is 0 Å². The molecule has 4 aromatic carbocycles. The van der Waals surface area contributed by atoms with Gasteiger partial charge < -0.3 is 4.74 Å². The van der Waals surface area contributed by atoms with E-state index >= 15 is 4.39 Å². The monoisotopic (exact) mass is 495 g/mol. The van der Waals surface area contributed by atoms with Gasteiger partial charge in [0.15, 0.2) is 0 Å². The molecule has 0 amide bonds. The van der Waals surface area contributed by atoms with Crippen LogP contribution in [-0.2, 0) is 37.0 Å². The Balaban J connectivity index is 1.48. The molecular weight excluding hydrogens is 473 g/mol. The third-order valence-electron chi connectivity index (χ3n) is 6.17. The van der Waals surface area contributed by atoms with Crippen molar-refractivity contribution in [2.24, 2.45) is 0 Å². The lowest BCUT2D eigenvalue weighted by molar-refractivity contribution is 0.184. The minimum atomic E-state index is -0.940. The van der Waals surface area contributed by atoms with Crippen LogP contribution in [0.4, 0.5) is 22.0 Å². The fourth-order valence-electron chi connectivity index (χ4n) is 4.30. The molecule has 0 saturated heterocycles. The molecule has 184 valence electrons. The third-order valence-corrected chi connectivity index (χ3v) is 6.17. The van der Waals surface area contributed by atoms with Gasteiger partial charge in [-0.15, -0.1) is 0 Å². The molecule has 36 heavy (non-hydrogen) atoms. The van der Waals surface area contributed by atoms with Gasteiger partial charge in [-0.25, -0.2) is 22.0 Å². The molecule has 4 aromatic rings. The van der Waals surface area contributed by atoms with E-state index in [1.165, 1.54) is 25.3 Å². The average Bonchev–Trinajstić information content (AvgIpc) is 2.83. The molecule has 0 atom stereocenters. The van der Waals surface area contributed by atoms with Gasteiger partial charge in [0.25, 0.3) is 0 Å². The van der Waals surface area contributed by atoms with Gasteiger partial charge in [-0.2, -0.15) is 5.26 Å². The normalized spacial score (nSPS) is 11.1. The predicted octanol–water partition coefficient (Wildman–Crippen LogP) is 7.12. The second-order valence-corrected chi connectivity index (χ2v) is 8.61. The highest BCUT2D eigenvalue weighted by Gasteiger charge is 2.14. The molecule has 0 heterocycles. The Morgan fingerprint density at radius 2 is 1.33 bits per heavy atom. The van der Waals surface area contributed by atoms with Crippen LogP contribution in [0, 0.1) is 40.4 Å². The molecule has 0 aromatic heterocycles. The van der Waals surface area contributed by atoms with Crippen molar-refractivity contribution in [3.8, 4) is 6.07 Å². The van der Waals surface area contributed by atoms with Crippen LogP contribution in [0.5, 0.6) is 0 Å². The van der Waals surface area contributed by atoms with Crippen molar-refractivity contribution in [1.82, 2.24) is 0 Å². The first-order valence-electron chi connectivity index (χ1n) is 11.3. The van der Waals surface area contributed by atoms with E-state index in [4.69, 9.17) is 10.00 Å². The van der Waals surface area contributed by atoms with Gasteiger partial charge in [0.2, 0.25) is 0 Å². The van der Waals surface area contributed by atoms with E-state index in [0.29, 0.717) is 33.9 Å². The zero-order chi connectivity index (χ0) is 25.8. The van der Waals surface area contributed by atoms with Crippen LogP contribution in [0.25, 0.3) is 10.8 Å². The van der Waals surface area contributed by atoms with Crippen molar-refractivity contribution in [1.29, 1.82) is 5.26 Å². The van der Waals surface area contributed by atoms with Gasteiger partial charge >= 0.3 is 0 Å². The summed E-state index contributed by atoms with van der Waals surface area (Å²) >= 11 is 0. The van der Waals surface area contributed by atoms with E-state index in [-0.39, 0.29) is 31.4 Å². The Bertz CT molecular complexity index is 1430. The highest BCUT2D eigenvalue weighted by molar-refractivity contribution is 5.84. The van der Waals surface area contributed by atoms with Crippen molar-refractivity contribution < 1.29 is 26.7 Å². The first-order valence-corrected chi connectivity index (χ1v) is 11.3. The Labute approximate surface area is 205 Å². The van der Waals surface area contributed by atoms with E-state index < -0.39 is 34.6 Å². The highest BCUT2D eigenvalue weighted by Crippen LogP contribution is 2.26. The van der Waals surface area contributed by atoms with Crippen LogP contribution in [0.15, 0.2) is 54.6 Å². The van der Waals surface area contributed by atoms with Crippen LogP contribution >= 0.6 is 0 Å². The van der Waals surface area contributed by atoms with Gasteiger partial charge in [-0.05, 0) is 77.6 Å². The summed E-state index contributed by atoms with van der Waals surface area (Å²) in [6, 6.07) is 14.7. The Morgan fingerprint density at radius 3 is 1.97 bits per heavy atom. The van der Waals surface area contributed by atoms with E-state index in [1.807, 2.05) is 0 Å². The van der Waals surface area contributed by atoms with Crippen LogP contribution in [0.3, 0.4) is 0 Å². The first-order chi connectivity index (χ1) is 17.3. The molecule has 0 unspecified atom stereocenters. The summed E-state index contributed by atoms with van der Waals surface area (Å²) < 4.78 is 76.5. The molecule has 0 spiro atoms. The lowest BCUT2D eigenvalue weighted by atomic mass is 9.96. The maximum absolute atomic E-state index is 15.1. The summed E-state index contributed by atoms with van der Waals surface area (Å²) in [6.45, 7) is 0.119. The van der Waals surface area contributed by atoms with Gasteiger partial charge in [0.1, 0.15) is 40.7 Å². The second-order valence-electron chi connectivity index (χ2n) is 8.61. The molecule has 0 aliphatic rings. The van der Waals surface area contributed by atoms with Crippen molar-refractivity contribution >= 4 is 10.8 Å². The number of nitriles is 1. The quantitative estimate of drug-likeness (QED) is 0.244. The Morgan fingerprint density at radius 1 is 0.694 bits per heavy atom. The molecule has 0 aliphatic heterocycles. The smallest absolute Gasteiger partial charge is 0.144 e. The van der Waals surface area contributed by atoms with Gasteiger partial charge in [-0.3, -0.25) is 0 Å². The molecule has 4 rings (SSSR count). The summed E-state index contributed by atoms with van der Waals surface area (Å²) in [5.74, 6) is -3.56. The molecule has 0 bridgehead atoms. The third kappa shape index (κ3) is 5.39. The first kappa shape index (κ1) is 25.3. The van der Waals surface area contributed by atoms with Gasteiger partial charge in [0, 0.05) is 18.1 Å². The van der Waals surface area contributed by atoms with Crippen molar-refractivity contribution in [3.05, 3.63) is 117 Å². The maximum Gasteiger partial charge on any atom is 0.144 e. The SMILES string of the molecule is COCc1cc(F)c(CCc2ccc3c(F)c(CCc4cc(F)c(C#N)c(F)c4)ccc3c2)c(F)c1. The number of aryl methyl sites for hydroxylation is 3. The Kier molecular flexibility index (Phi) is 7.66. The largest absolute Gasteiger partial charge is 0.380 e. The van der Waals surface area contributed by atoms with E-state index in [9.17, 15) is 17.6 Å². The van der Waals surface area contributed by atoms with Crippen LogP contribution < -0.4 is 0 Å². The van der Waals surface area contributed by atoms with Crippen molar-refractivity contribution in [2.75, 3.05) is 7.11 Å². The summed E-state index contributed by atoms with van der Waals surface area (Å²) in [5.41, 5.74) is 1.29. The van der Waals surface area contributed by atoms with Gasteiger partial charge in [-0.1, -0.05) is 30.3 Å². The molecule has 7 heteroatoms. The second kappa shape index (κ2) is 10.9. The summed E-state index contributed by atoms with van der Waals surface area (Å²) in [7, 11) is 1.45. The fourth-order valence-corrected chi connectivity index (χ4v) is 4.30. The molecular formula is C29H22F5NO. The van der Waals surface area contributed by atoms with E-state index in [2.05, 4.69) is 0 Å². The molecule has 0 aliphatic carbocycles. The number of rotatable bonds is 8. The predicted molar refractivity (Wildman–Crippen MR) is 127 cm³/mol. The van der Waals surface area contributed by atoms with Crippen molar-refractivity contribution in [2.45, 2.75) is 32.3 Å². The molecule has 0 fully saturated rings. The summed E-state index contributed by atoms with van der Waals surface area (Å²) in [4.78, 5) is 0. The van der Waals surface area contributed by atoms with Crippen LogP contribution in [0.1, 0.15) is 33.4 Å². The number of hydrogen-bond acceptors (Lipinski definition) is 2. The number of halogens is 5. The van der Waals surface area contributed by atoms with Crippen LogP contribution in [0.2, 0.25) is 0 Å². The maximum atomic E-state index is 15.1. The lowest BCUT2D eigenvalue weighted by Crippen LogP contribution is -2.02. The Hall–Kier alpha value is -3.76. The minimum absolute atomic E-state index is 0.00726. The zero-order valence-electron chi connectivity index (χ0n) is 19.5. The zero-order valence-corrected chi connectivity index (χ0v) is 19.5. The van der Waals surface area contributed by atoms with E-state index in [1.54, 1.807) is 30.3 Å². The number of benzene rings is 4. The fraction of sp³-hybridized carbons (Fsp3) is 0.207. The molecule has 0 N–H and O–H groups in total. The molecule has 0 saturated carbocycles. The summed E-state index contributed by atoms with van der Waals surface area (Å²) in [6.07, 6.45) is 0.924. The summed E-state index contributed by atoms with van der Waals surface area (Å²) in [5, 5.41) is 9.80. The number of nitrogens with zero attached hydrogens (tertiary/aromatic N) is 1. The average molecular weight is 495 g/mol. The number of methoxy groups -OCH3 is 1. The molecule has 2 nitrogen and oxygen atoms in total. The number of fused-ring (bicyclic) bond motifs is 1. The number of hydrogen-bond donors (Lipinski definition) is 0. The lowest BCUT2D eigenvalue weighted by Gasteiger charge is -2.11. The topological polar surface area (TPSA) is 33.0 Å². The van der Waals surface area contributed by atoms with E-state index in [0.717, 1.165) is 17.7 Å². The standard InChI is InChI=1S/C29H22F5NO/c1-36-16-19-13-25(30)23(26(31)14-19)9-4-17-3-8-22-21(10-17)7-6-20(29(22)34)5-2-18-11-27(32)24(15-35)28(33)12-18/h3,6-8,10-14H,2,4-5,9,16H2,1H3. The number of ether oxygens (including phenoxy) is 1. The molecule has 0 radical (unpaired) electrons. The van der Waals surface area contributed by atoms with Crippen LogP contribution in [-0.4, -0.2) is 7.11 Å². The highest BCUT2D eigenvalue weighted by atomic mass is 19.1.